The van der Waals surface area contributed by atoms with Gasteiger partial charge in [-0.3, -0.25) is 0 Å². The van der Waals surface area contributed by atoms with Gasteiger partial charge in [0.2, 0.25) is 0 Å². The van der Waals surface area contributed by atoms with Crippen molar-refractivity contribution in [3.05, 3.63) is 243 Å². The molecule has 0 unspecified atom stereocenters. The van der Waals surface area contributed by atoms with Crippen molar-refractivity contribution in [3.63, 3.8) is 0 Å². The molecule has 638 valence electrons. The number of nitrogens with zero attached hydrogens (tertiary/aromatic N) is 4. The molecule has 0 aromatic heterocycles. The third kappa shape index (κ3) is 20.9. The van der Waals surface area contributed by atoms with Crippen molar-refractivity contribution in [1.29, 1.82) is 0 Å². The molecule has 0 heterocycles. The molecule has 0 bridgehead atoms. The largest absolute Gasteiger partial charge is 0.682 e. The van der Waals surface area contributed by atoms with E-state index in [9.17, 15) is 0 Å². The standard InChI is InChI=1S/C114H159N4/c1-64(2)82-52-94(70(13)14)106(95(53-82)71(15)16)88-40-37-41-89(107-96(72(17)18)54-83(65(3)4)55-97(107)73(19)20)112(88)115-46-49-118(50-47-116-113-90(108-98(74(21)22)56-84(66(5)6)57-99(108)75(23)24)42-38-43-91(113)109-100(76(25)26)58-85(67(7)8)59-101(109)77(27)28)51-48-117-114-92(110-102(78(29)30)60-86(68(9)10)61-103(110)79(31)32)44-39-45-93(114)111-104(80(33)34)62-87(69(11)12)63-105(111)81(35)36/h37-45,52-81H,46-51H2,1-36H3/q-3. The Hall–Kier alpha value is -7.66. The van der Waals surface area contributed by atoms with Gasteiger partial charge in [0, 0.05) is 0 Å². The second-order valence-corrected chi connectivity index (χ2v) is 40.8. The van der Waals surface area contributed by atoms with E-state index in [2.05, 4.69) is 382 Å². The Labute approximate surface area is 722 Å². The Morgan fingerprint density at radius 3 is 0.398 bits per heavy atom. The molecule has 0 fully saturated rings. The van der Waals surface area contributed by atoms with E-state index in [0.29, 0.717) is 74.8 Å². The molecule has 0 aliphatic carbocycles. The van der Waals surface area contributed by atoms with Crippen LogP contribution in [0.5, 0.6) is 0 Å². The van der Waals surface area contributed by atoms with Crippen molar-refractivity contribution >= 4 is 17.1 Å². The number of benzene rings is 9. The predicted octanol–water partition coefficient (Wildman–Crippen LogP) is 36.6. The van der Waals surface area contributed by atoms with E-state index in [1.54, 1.807) is 0 Å². The third-order valence-electron chi connectivity index (χ3n) is 25.6. The molecular formula is C114H159N4-3. The average molecular weight is 1590 g/mol. The van der Waals surface area contributed by atoms with Crippen LogP contribution in [-0.4, -0.2) is 44.2 Å². The zero-order valence-electron chi connectivity index (χ0n) is 81.0. The first-order valence-electron chi connectivity index (χ1n) is 46.7. The zero-order valence-corrected chi connectivity index (χ0v) is 81.0. The molecule has 9 aromatic carbocycles. The minimum Gasteiger partial charge on any atom is -0.682 e. The number of para-hydroxylation sites is 3. The Morgan fingerprint density at radius 1 is 0.178 bits per heavy atom. The highest BCUT2D eigenvalue weighted by Gasteiger charge is 2.30. The lowest BCUT2D eigenvalue weighted by atomic mass is 9.78. The fourth-order valence-electron chi connectivity index (χ4n) is 18.2. The normalized spacial score (nSPS) is 12.5. The highest BCUT2D eigenvalue weighted by atomic mass is 15.2. The molecule has 0 atom stereocenters. The van der Waals surface area contributed by atoms with E-state index in [1.807, 2.05) is 0 Å². The van der Waals surface area contributed by atoms with Gasteiger partial charge in [0.1, 0.15) is 0 Å². The van der Waals surface area contributed by atoms with Crippen molar-refractivity contribution in [2.45, 2.75) is 356 Å². The summed E-state index contributed by atoms with van der Waals surface area (Å²) in [6.07, 6.45) is 0. The third-order valence-corrected chi connectivity index (χ3v) is 25.6. The van der Waals surface area contributed by atoms with Gasteiger partial charge in [0.25, 0.3) is 0 Å². The van der Waals surface area contributed by atoms with Gasteiger partial charge in [-0.15, -0.1) is 36.7 Å². The minimum absolute atomic E-state index is 0.285. The lowest BCUT2D eigenvalue weighted by Gasteiger charge is -2.38. The van der Waals surface area contributed by atoms with Crippen molar-refractivity contribution < 1.29 is 0 Å². The van der Waals surface area contributed by atoms with Gasteiger partial charge >= 0.3 is 0 Å². The molecule has 0 saturated heterocycles. The van der Waals surface area contributed by atoms with E-state index < -0.39 is 0 Å². The van der Waals surface area contributed by atoms with Crippen molar-refractivity contribution in [2.75, 3.05) is 39.3 Å². The topological polar surface area (TPSA) is 45.5 Å². The van der Waals surface area contributed by atoms with E-state index in [1.165, 1.54) is 167 Å². The maximum atomic E-state index is 6.25. The number of hydrogen-bond acceptors (Lipinski definition) is 1. The van der Waals surface area contributed by atoms with Crippen LogP contribution in [0.15, 0.2) is 127 Å². The summed E-state index contributed by atoms with van der Waals surface area (Å²) in [5.41, 5.74) is 44.1. The maximum absolute atomic E-state index is 6.25. The smallest absolute Gasteiger partial charge is 0.0126 e. The van der Waals surface area contributed by atoms with Gasteiger partial charge in [0.15, 0.2) is 0 Å². The molecule has 9 aromatic rings. The second-order valence-electron chi connectivity index (χ2n) is 40.8. The fourth-order valence-corrected chi connectivity index (χ4v) is 18.2. The van der Waals surface area contributed by atoms with Crippen LogP contribution in [0.3, 0.4) is 0 Å². The van der Waals surface area contributed by atoms with Crippen LogP contribution in [0.4, 0.5) is 17.1 Å². The molecule has 118 heavy (non-hydrogen) atoms. The van der Waals surface area contributed by atoms with Crippen LogP contribution in [0.1, 0.15) is 456 Å². The first-order valence-corrected chi connectivity index (χ1v) is 46.7. The molecule has 4 nitrogen and oxygen atoms in total. The molecule has 0 amide bonds. The van der Waals surface area contributed by atoms with Crippen LogP contribution in [0.25, 0.3) is 82.7 Å². The molecule has 0 aliphatic heterocycles. The summed E-state index contributed by atoms with van der Waals surface area (Å²) >= 11 is 0. The summed E-state index contributed by atoms with van der Waals surface area (Å²) in [5.74, 6) is 5.76. The van der Waals surface area contributed by atoms with E-state index in [0.717, 1.165) is 17.1 Å². The molecule has 4 heteroatoms. The molecule has 0 radical (unpaired) electrons. The molecule has 0 saturated carbocycles. The lowest BCUT2D eigenvalue weighted by Crippen LogP contribution is -2.32. The summed E-state index contributed by atoms with van der Waals surface area (Å²) in [7, 11) is 0. The highest BCUT2D eigenvalue weighted by molar-refractivity contribution is 5.99. The summed E-state index contributed by atoms with van der Waals surface area (Å²) in [5, 5.41) is 18.7. The maximum Gasteiger partial charge on any atom is -0.0126 e. The van der Waals surface area contributed by atoms with Crippen molar-refractivity contribution in [3.8, 4) is 66.8 Å². The minimum atomic E-state index is 0.285. The van der Waals surface area contributed by atoms with Crippen LogP contribution in [-0.2, 0) is 0 Å². The van der Waals surface area contributed by atoms with E-state index in [-0.39, 0.29) is 71.0 Å². The number of hydrogen-bond donors (Lipinski definition) is 0. The Balaban J connectivity index is 1.33. The summed E-state index contributed by atoms with van der Waals surface area (Å²) in [4.78, 5) is 2.70. The Morgan fingerprint density at radius 2 is 0.297 bits per heavy atom. The van der Waals surface area contributed by atoms with Gasteiger partial charge in [-0.2, -0.15) is 0 Å². The Bertz CT molecular complexity index is 3940. The van der Waals surface area contributed by atoms with Gasteiger partial charge in [-0.05, 0) is 293 Å². The van der Waals surface area contributed by atoms with Crippen LogP contribution in [0.2, 0.25) is 0 Å². The molecule has 9 rings (SSSR count). The molecule has 0 N–H and O–H groups in total. The van der Waals surface area contributed by atoms with E-state index in [4.69, 9.17) is 16.0 Å². The van der Waals surface area contributed by atoms with Crippen LogP contribution < -0.4 is 0 Å². The second kappa shape index (κ2) is 40.4. The quantitative estimate of drug-likeness (QED) is 0.0386. The monoisotopic (exact) mass is 1580 g/mol. The fraction of sp³-hybridized carbons (Fsp3) is 0.526. The summed E-state index contributed by atoms with van der Waals surface area (Å²) in [6, 6.07) is 52.0. The van der Waals surface area contributed by atoms with E-state index >= 15 is 0 Å². The van der Waals surface area contributed by atoms with Gasteiger partial charge in [0.05, 0.1) is 0 Å². The summed E-state index contributed by atoms with van der Waals surface area (Å²) < 4.78 is 0. The predicted molar refractivity (Wildman–Crippen MR) is 526 cm³/mol. The zero-order chi connectivity index (χ0) is 87.2. The first kappa shape index (κ1) is 94.2. The Kier molecular flexibility index (Phi) is 32.2. The molecule has 0 spiro atoms. The highest BCUT2D eigenvalue weighted by Crippen LogP contribution is 2.56. The van der Waals surface area contributed by atoms with Crippen molar-refractivity contribution in [1.82, 2.24) is 4.90 Å². The van der Waals surface area contributed by atoms with Gasteiger partial charge in [-0.1, -0.05) is 377 Å². The van der Waals surface area contributed by atoms with Crippen LogP contribution >= 0.6 is 0 Å². The molecular weight excluding hydrogens is 1430 g/mol. The van der Waals surface area contributed by atoms with Crippen LogP contribution in [0, 0.1) is 0 Å². The van der Waals surface area contributed by atoms with Gasteiger partial charge in [-0.25, -0.2) is 0 Å². The van der Waals surface area contributed by atoms with Gasteiger partial charge < -0.3 is 20.9 Å². The first-order chi connectivity index (χ1) is 55.5. The lowest BCUT2D eigenvalue weighted by molar-refractivity contribution is 0.311. The average Bonchev–Trinajstić information content (AvgIpc) is 0.756. The van der Waals surface area contributed by atoms with Crippen molar-refractivity contribution in [2.24, 2.45) is 0 Å². The summed E-state index contributed by atoms with van der Waals surface area (Å²) in [6.45, 7) is 89.7. The SMILES string of the molecule is CC(C)c1cc(C(C)C)c(-c2cccc(-c3c(C(C)C)cc(C(C)C)cc3C(C)C)c2[N-]CCN(CC[N-]c2c(-c3c(C(C)C)cc(C(C)C)cc3C(C)C)cccc2-c2c(C(C)C)cc(C(C)C)cc2C(C)C)CC[N-]c2c(-c3c(C(C)C)cc(C(C)C)cc3C(C)C)cccc2-c2c(C(C)C)cc(C(C)C)cc2C(C)C)c(C(C)C)c1. The number of rotatable bonds is 36. The molecule has 0 aliphatic rings.